The third-order valence-corrected chi connectivity index (χ3v) is 10.00. The fourth-order valence-corrected chi connectivity index (χ4v) is 8.28. The number of phenols is 1. The molecule has 8 heteroatoms. The van der Waals surface area contributed by atoms with E-state index < -0.39 is 0 Å². The maximum Gasteiger partial charge on any atom is 0.226 e. The number of aryl methyl sites for hydroxylation is 1. The van der Waals surface area contributed by atoms with Crippen LogP contribution in [0.25, 0.3) is 0 Å². The molecule has 2 saturated carbocycles. The van der Waals surface area contributed by atoms with Crippen LogP contribution in [0.3, 0.4) is 0 Å². The first-order valence-electron chi connectivity index (χ1n) is 12.6. The molecule has 0 bridgehead atoms. The van der Waals surface area contributed by atoms with Gasteiger partial charge in [0.1, 0.15) is 12.9 Å². The van der Waals surface area contributed by atoms with Gasteiger partial charge in [0, 0.05) is 22.9 Å². The first-order valence-corrected chi connectivity index (χ1v) is 13.8. The Balaban J connectivity index is 1.33. The van der Waals surface area contributed by atoms with Crippen LogP contribution in [-0.2, 0) is 16.1 Å². The van der Waals surface area contributed by atoms with E-state index in [-0.39, 0.29) is 17.1 Å². The number of nitrogens with zero attached hydrogens (tertiary/aromatic N) is 2. The molecule has 3 unspecified atom stereocenters. The highest BCUT2D eigenvalue weighted by Crippen LogP contribution is 2.63. The van der Waals surface area contributed by atoms with Gasteiger partial charge >= 0.3 is 0 Å². The highest BCUT2D eigenvalue weighted by atomic mass is 35.5. The molecule has 1 aromatic heterocycles. The number of nitrogens with one attached hydrogen (secondary N) is 1. The molecule has 0 radical (unpaired) electrons. The molecule has 188 valence electrons. The standard InChI is InChI=1S/C27H34ClN3O3S/c1-15-14-29-26(35-15)30-23(33)6-4-5-16-13-22(31-34-3)27(2)12-11-18-17-9-10-21(32)25(28)20(17)8-7-19(18)24(16)27/h9-10,14,16,18-19,24,32H,4-8,11-13H2,1-3H3,(H,29,30,33)/b31-22+/t16-,18?,19?,24?,27-/m1/s1. The Morgan fingerprint density at radius 3 is 2.97 bits per heavy atom. The number of carbonyl (C=O) groups is 1. The van der Waals surface area contributed by atoms with Gasteiger partial charge in [0.05, 0.1) is 10.7 Å². The van der Waals surface area contributed by atoms with E-state index in [0.29, 0.717) is 40.2 Å². The minimum absolute atomic E-state index is 0.0285. The second kappa shape index (κ2) is 9.74. The monoisotopic (exact) mass is 515 g/mol. The number of fused-ring (bicyclic) bond motifs is 5. The van der Waals surface area contributed by atoms with Gasteiger partial charge in [-0.2, -0.15) is 0 Å². The van der Waals surface area contributed by atoms with Crippen LogP contribution in [0.15, 0.2) is 23.5 Å². The molecule has 35 heavy (non-hydrogen) atoms. The van der Waals surface area contributed by atoms with Gasteiger partial charge in [-0.15, -0.1) is 11.3 Å². The molecule has 0 saturated heterocycles. The van der Waals surface area contributed by atoms with Crippen molar-refractivity contribution in [1.29, 1.82) is 0 Å². The number of carbonyl (C=O) groups excluding carboxylic acids is 1. The van der Waals surface area contributed by atoms with Crippen LogP contribution in [0.5, 0.6) is 5.75 Å². The average Bonchev–Trinajstić information content (AvgIpc) is 3.36. The van der Waals surface area contributed by atoms with Gasteiger partial charge in [0.2, 0.25) is 5.91 Å². The summed E-state index contributed by atoms with van der Waals surface area (Å²) in [5.74, 6) is 2.20. The Hall–Kier alpha value is -2.12. The van der Waals surface area contributed by atoms with Crippen molar-refractivity contribution < 1.29 is 14.7 Å². The lowest BCUT2D eigenvalue weighted by atomic mass is 9.54. The van der Waals surface area contributed by atoms with Gasteiger partial charge in [0.15, 0.2) is 5.13 Å². The fraction of sp³-hybridized carbons (Fsp3) is 0.593. The summed E-state index contributed by atoms with van der Waals surface area (Å²) in [6.45, 7) is 4.36. The predicted molar refractivity (Wildman–Crippen MR) is 140 cm³/mol. The Kier molecular flexibility index (Phi) is 6.83. The zero-order valence-corrected chi connectivity index (χ0v) is 22.2. The smallest absolute Gasteiger partial charge is 0.226 e. The third-order valence-electron chi connectivity index (χ3n) is 8.75. The van der Waals surface area contributed by atoms with E-state index in [1.807, 2.05) is 6.92 Å². The number of anilines is 1. The van der Waals surface area contributed by atoms with E-state index in [1.165, 1.54) is 22.6 Å². The van der Waals surface area contributed by atoms with E-state index >= 15 is 0 Å². The SMILES string of the molecule is CO/N=C1\C[C@@H](CCCC(=O)Nc2ncc(C)s2)C2C3CCc4c(ccc(O)c4Cl)C3CC[C@]12C. The maximum atomic E-state index is 12.5. The van der Waals surface area contributed by atoms with Crippen molar-refractivity contribution in [1.82, 2.24) is 4.98 Å². The topological polar surface area (TPSA) is 83.8 Å². The summed E-state index contributed by atoms with van der Waals surface area (Å²) < 4.78 is 0. The number of benzene rings is 1. The van der Waals surface area contributed by atoms with E-state index in [1.54, 1.807) is 19.4 Å². The number of rotatable bonds is 6. The number of phenolic OH excluding ortho intramolecular Hbond substituents is 1. The Morgan fingerprint density at radius 1 is 1.40 bits per heavy atom. The first-order chi connectivity index (χ1) is 16.8. The molecule has 1 amide bonds. The molecule has 3 aliphatic rings. The molecule has 3 aliphatic carbocycles. The number of oxime groups is 1. The predicted octanol–water partition coefficient (Wildman–Crippen LogP) is 6.70. The summed E-state index contributed by atoms with van der Waals surface area (Å²) >= 11 is 8.01. The van der Waals surface area contributed by atoms with Crippen molar-refractivity contribution in [3.05, 3.63) is 39.4 Å². The second-order valence-electron chi connectivity index (χ2n) is 10.7. The van der Waals surface area contributed by atoms with Gasteiger partial charge < -0.3 is 15.3 Å². The van der Waals surface area contributed by atoms with Gasteiger partial charge in [0.25, 0.3) is 0 Å². The highest BCUT2D eigenvalue weighted by Gasteiger charge is 2.57. The molecule has 5 atom stereocenters. The highest BCUT2D eigenvalue weighted by molar-refractivity contribution is 7.15. The van der Waals surface area contributed by atoms with E-state index in [4.69, 9.17) is 16.4 Å². The Morgan fingerprint density at radius 2 is 2.23 bits per heavy atom. The maximum absolute atomic E-state index is 12.5. The lowest BCUT2D eigenvalue weighted by Gasteiger charge is -2.50. The largest absolute Gasteiger partial charge is 0.506 e. The van der Waals surface area contributed by atoms with E-state index in [9.17, 15) is 9.90 Å². The minimum atomic E-state index is 0.0285. The first kappa shape index (κ1) is 24.6. The normalized spacial score (nSPS) is 30.5. The fourth-order valence-electron chi connectivity index (χ4n) is 7.33. The number of aromatic hydroxyl groups is 1. The number of aromatic nitrogens is 1. The summed E-state index contributed by atoms with van der Waals surface area (Å²) in [6, 6.07) is 3.85. The molecule has 2 N–H and O–H groups in total. The zero-order valence-electron chi connectivity index (χ0n) is 20.6. The van der Waals surface area contributed by atoms with Crippen LogP contribution in [-0.4, -0.2) is 28.8 Å². The molecule has 6 nitrogen and oxygen atoms in total. The Labute approximate surface area is 216 Å². The summed E-state index contributed by atoms with van der Waals surface area (Å²) in [4.78, 5) is 23.1. The number of hydrogen-bond acceptors (Lipinski definition) is 6. The van der Waals surface area contributed by atoms with Crippen LogP contribution in [0, 0.1) is 30.1 Å². The van der Waals surface area contributed by atoms with Crippen LogP contribution >= 0.6 is 22.9 Å². The lowest BCUT2D eigenvalue weighted by Crippen LogP contribution is -2.44. The van der Waals surface area contributed by atoms with Crippen molar-refractivity contribution >= 4 is 39.7 Å². The number of hydrogen-bond donors (Lipinski definition) is 2. The van der Waals surface area contributed by atoms with Crippen molar-refractivity contribution in [2.75, 3.05) is 12.4 Å². The molecule has 2 aromatic rings. The van der Waals surface area contributed by atoms with Gasteiger partial charge in [-0.1, -0.05) is 29.7 Å². The van der Waals surface area contributed by atoms with Gasteiger partial charge in [-0.3, -0.25) is 4.79 Å². The van der Waals surface area contributed by atoms with Gasteiger partial charge in [-0.25, -0.2) is 4.98 Å². The van der Waals surface area contributed by atoms with Crippen LogP contribution < -0.4 is 5.32 Å². The zero-order chi connectivity index (χ0) is 24.7. The Bertz CT molecular complexity index is 1150. The summed E-state index contributed by atoms with van der Waals surface area (Å²) in [5.41, 5.74) is 3.66. The molecule has 2 fully saturated rings. The molecular weight excluding hydrogens is 482 g/mol. The molecule has 5 rings (SSSR count). The summed E-state index contributed by atoms with van der Waals surface area (Å²) in [5, 5.41) is 18.8. The third kappa shape index (κ3) is 4.46. The second-order valence-corrected chi connectivity index (χ2v) is 12.3. The van der Waals surface area contributed by atoms with Crippen LogP contribution in [0.4, 0.5) is 5.13 Å². The van der Waals surface area contributed by atoms with Crippen molar-refractivity contribution in [2.24, 2.45) is 28.3 Å². The number of amides is 1. The van der Waals surface area contributed by atoms with E-state index in [0.717, 1.165) is 55.4 Å². The molecule has 1 heterocycles. The number of halogens is 1. The number of thiazole rings is 1. The molecule has 1 aromatic carbocycles. The average molecular weight is 516 g/mol. The molecule has 0 aliphatic heterocycles. The van der Waals surface area contributed by atoms with Crippen molar-refractivity contribution in [3.63, 3.8) is 0 Å². The summed E-state index contributed by atoms with van der Waals surface area (Å²) in [7, 11) is 1.64. The van der Waals surface area contributed by atoms with Gasteiger partial charge in [-0.05, 0) is 92.7 Å². The molecular formula is C27H34ClN3O3S. The van der Waals surface area contributed by atoms with Crippen molar-refractivity contribution in [3.8, 4) is 5.75 Å². The minimum Gasteiger partial charge on any atom is -0.506 e. The van der Waals surface area contributed by atoms with E-state index in [2.05, 4.69) is 28.4 Å². The van der Waals surface area contributed by atoms with Crippen molar-refractivity contribution in [2.45, 2.75) is 71.1 Å². The van der Waals surface area contributed by atoms with Crippen LogP contribution in [0.1, 0.15) is 73.8 Å². The summed E-state index contributed by atoms with van der Waals surface area (Å²) in [6.07, 6.45) is 9.21. The quantitative estimate of drug-likeness (QED) is 0.419. The molecule has 0 spiro atoms. The lowest BCUT2D eigenvalue weighted by molar-refractivity contribution is -0.116. The van der Waals surface area contributed by atoms with Crippen LogP contribution in [0.2, 0.25) is 5.02 Å².